The summed E-state index contributed by atoms with van der Waals surface area (Å²) in [5.74, 6) is 0. The van der Waals surface area contributed by atoms with Gasteiger partial charge in [-0.05, 0) is 26.9 Å². The fraction of sp³-hybridized carbons (Fsp3) is 1.00. The van der Waals surface area contributed by atoms with Gasteiger partial charge in [-0.1, -0.05) is 0 Å². The molecule has 0 aromatic heterocycles. The van der Waals surface area contributed by atoms with E-state index in [1.165, 1.54) is 0 Å². The van der Waals surface area contributed by atoms with Crippen LogP contribution in [0.4, 0.5) is 0 Å². The first-order valence-electron chi connectivity index (χ1n) is 2.93. The number of rotatable bonds is 4. The zero-order chi connectivity index (χ0) is 6.41. The summed E-state index contributed by atoms with van der Waals surface area (Å²) in [5.41, 5.74) is 11.2. The van der Waals surface area contributed by atoms with Crippen molar-refractivity contribution in [2.45, 2.75) is 19.4 Å². The molecular formula is C5H15N3. The van der Waals surface area contributed by atoms with Crippen LogP contribution in [0, 0.1) is 0 Å². The van der Waals surface area contributed by atoms with Gasteiger partial charge in [0.15, 0.2) is 0 Å². The Hall–Kier alpha value is -0.120. The molecule has 0 saturated carbocycles. The fourth-order valence-corrected chi connectivity index (χ4v) is 0.569. The maximum atomic E-state index is 5.29. The van der Waals surface area contributed by atoms with E-state index in [2.05, 4.69) is 17.8 Å². The van der Waals surface area contributed by atoms with Crippen LogP contribution in [0.2, 0.25) is 0 Å². The van der Waals surface area contributed by atoms with Crippen LogP contribution < -0.4 is 16.6 Å². The highest BCUT2D eigenvalue weighted by atomic mass is 15.3. The van der Waals surface area contributed by atoms with Crippen molar-refractivity contribution in [2.24, 2.45) is 5.73 Å². The van der Waals surface area contributed by atoms with Crippen LogP contribution in [0.15, 0.2) is 0 Å². The van der Waals surface area contributed by atoms with E-state index in [1.807, 2.05) is 7.05 Å². The number of nitrogens with one attached hydrogen (secondary N) is 2. The molecule has 4 N–H and O–H groups in total. The molecule has 0 amide bonds. The minimum absolute atomic E-state index is 0.477. The number of hydrogen-bond donors (Lipinski definition) is 3. The quantitative estimate of drug-likeness (QED) is 0.433. The maximum absolute atomic E-state index is 5.29. The molecule has 1 atom stereocenters. The Labute approximate surface area is 50.6 Å². The summed E-state index contributed by atoms with van der Waals surface area (Å²) in [6, 6.07) is 0.477. The van der Waals surface area contributed by atoms with E-state index in [0.29, 0.717) is 6.04 Å². The Balaban J connectivity index is 2.92. The lowest BCUT2D eigenvalue weighted by atomic mass is 10.2. The molecule has 0 aliphatic heterocycles. The van der Waals surface area contributed by atoms with Crippen LogP contribution in [0.5, 0.6) is 0 Å². The van der Waals surface area contributed by atoms with E-state index in [1.54, 1.807) is 0 Å². The van der Waals surface area contributed by atoms with Crippen molar-refractivity contribution in [3.8, 4) is 0 Å². The minimum atomic E-state index is 0.477. The second-order valence-corrected chi connectivity index (χ2v) is 1.87. The third-order valence-electron chi connectivity index (χ3n) is 0.990. The molecule has 50 valence electrons. The molecule has 0 saturated heterocycles. The minimum Gasteiger partial charge on any atom is -0.330 e. The number of nitrogens with two attached hydrogens (primary N) is 1. The van der Waals surface area contributed by atoms with Gasteiger partial charge in [-0.2, -0.15) is 0 Å². The molecule has 0 aromatic rings. The van der Waals surface area contributed by atoms with E-state index in [4.69, 9.17) is 5.73 Å². The van der Waals surface area contributed by atoms with Gasteiger partial charge in [0.05, 0.1) is 0 Å². The molecule has 0 bridgehead atoms. The van der Waals surface area contributed by atoms with E-state index < -0.39 is 0 Å². The summed E-state index contributed by atoms with van der Waals surface area (Å²) in [4.78, 5) is 0. The van der Waals surface area contributed by atoms with Gasteiger partial charge in [-0.25, -0.2) is 0 Å². The van der Waals surface area contributed by atoms with E-state index in [-0.39, 0.29) is 0 Å². The van der Waals surface area contributed by atoms with Crippen LogP contribution in [-0.4, -0.2) is 19.6 Å². The highest BCUT2D eigenvalue weighted by Gasteiger charge is 1.93. The first-order chi connectivity index (χ1) is 3.81. The van der Waals surface area contributed by atoms with Crippen molar-refractivity contribution in [2.75, 3.05) is 13.6 Å². The average Bonchev–Trinajstić information content (AvgIpc) is 1.68. The Morgan fingerprint density at radius 2 is 2.25 bits per heavy atom. The van der Waals surface area contributed by atoms with Crippen molar-refractivity contribution in [1.82, 2.24) is 10.9 Å². The third kappa shape index (κ3) is 4.05. The van der Waals surface area contributed by atoms with E-state index in [9.17, 15) is 0 Å². The Kier molecular flexibility index (Phi) is 4.95. The molecule has 0 spiro atoms. The Bertz CT molecular complexity index is 40.9. The van der Waals surface area contributed by atoms with Crippen molar-refractivity contribution in [3.05, 3.63) is 0 Å². The second kappa shape index (κ2) is 5.03. The van der Waals surface area contributed by atoms with Crippen molar-refractivity contribution >= 4 is 0 Å². The summed E-state index contributed by atoms with van der Waals surface area (Å²) in [5, 5.41) is 0. The van der Waals surface area contributed by atoms with E-state index >= 15 is 0 Å². The molecule has 0 rings (SSSR count). The Morgan fingerprint density at radius 3 is 2.62 bits per heavy atom. The molecule has 0 aliphatic rings. The topological polar surface area (TPSA) is 50.1 Å². The molecule has 8 heavy (non-hydrogen) atoms. The standard InChI is InChI=1S/C5H15N3/c1-5(3-4-6)8-7-2/h5,7-8H,3-4,6H2,1-2H3/t5-/m0/s1. The summed E-state index contributed by atoms with van der Waals surface area (Å²) in [6.07, 6.45) is 1.01. The highest BCUT2D eigenvalue weighted by Crippen LogP contribution is 1.82. The molecule has 0 unspecified atom stereocenters. The second-order valence-electron chi connectivity index (χ2n) is 1.87. The van der Waals surface area contributed by atoms with Gasteiger partial charge in [0.1, 0.15) is 0 Å². The van der Waals surface area contributed by atoms with Gasteiger partial charge in [-0.15, -0.1) is 0 Å². The fourth-order valence-electron chi connectivity index (χ4n) is 0.569. The lowest BCUT2D eigenvalue weighted by molar-refractivity contribution is 0.467. The van der Waals surface area contributed by atoms with Crippen LogP contribution in [-0.2, 0) is 0 Å². The Morgan fingerprint density at radius 1 is 1.62 bits per heavy atom. The first kappa shape index (κ1) is 7.88. The van der Waals surface area contributed by atoms with Gasteiger partial charge in [0, 0.05) is 6.04 Å². The molecule has 0 aliphatic carbocycles. The number of hydrogen-bond acceptors (Lipinski definition) is 3. The van der Waals surface area contributed by atoms with Crippen LogP contribution in [0.3, 0.4) is 0 Å². The average molecular weight is 117 g/mol. The predicted octanol–water partition coefficient (Wildman–Crippen LogP) is -0.552. The lowest BCUT2D eigenvalue weighted by Crippen LogP contribution is -2.37. The van der Waals surface area contributed by atoms with Crippen molar-refractivity contribution in [1.29, 1.82) is 0 Å². The molecule has 0 heterocycles. The van der Waals surface area contributed by atoms with Gasteiger partial charge in [-0.3, -0.25) is 10.9 Å². The lowest BCUT2D eigenvalue weighted by Gasteiger charge is -2.09. The van der Waals surface area contributed by atoms with Gasteiger partial charge in [0.25, 0.3) is 0 Å². The zero-order valence-electron chi connectivity index (χ0n) is 5.57. The largest absolute Gasteiger partial charge is 0.330 e. The smallest absolute Gasteiger partial charge is 0.0196 e. The zero-order valence-corrected chi connectivity index (χ0v) is 5.57. The third-order valence-corrected chi connectivity index (χ3v) is 0.990. The molecule has 3 nitrogen and oxygen atoms in total. The van der Waals surface area contributed by atoms with Crippen LogP contribution >= 0.6 is 0 Å². The molecule has 0 aromatic carbocycles. The summed E-state index contributed by atoms with van der Waals surface area (Å²) in [6.45, 7) is 2.83. The van der Waals surface area contributed by atoms with Crippen LogP contribution in [0.1, 0.15) is 13.3 Å². The molecule has 0 radical (unpaired) electrons. The maximum Gasteiger partial charge on any atom is 0.0196 e. The predicted molar refractivity (Wildman–Crippen MR) is 35.3 cm³/mol. The normalized spacial score (nSPS) is 13.9. The van der Waals surface area contributed by atoms with Crippen molar-refractivity contribution in [3.63, 3.8) is 0 Å². The SMILES string of the molecule is CNN[C@@H](C)CCN. The monoisotopic (exact) mass is 117 g/mol. The van der Waals surface area contributed by atoms with Crippen LogP contribution in [0.25, 0.3) is 0 Å². The van der Waals surface area contributed by atoms with Gasteiger partial charge >= 0.3 is 0 Å². The molecular weight excluding hydrogens is 102 g/mol. The molecule has 3 heteroatoms. The van der Waals surface area contributed by atoms with Crippen molar-refractivity contribution < 1.29 is 0 Å². The van der Waals surface area contributed by atoms with E-state index in [0.717, 1.165) is 13.0 Å². The first-order valence-corrected chi connectivity index (χ1v) is 2.93. The highest BCUT2D eigenvalue weighted by molar-refractivity contribution is 4.55. The summed E-state index contributed by atoms with van der Waals surface area (Å²) >= 11 is 0. The van der Waals surface area contributed by atoms with Gasteiger partial charge < -0.3 is 5.73 Å². The summed E-state index contributed by atoms with van der Waals surface area (Å²) in [7, 11) is 1.85. The summed E-state index contributed by atoms with van der Waals surface area (Å²) < 4.78 is 0. The molecule has 0 fully saturated rings. The van der Waals surface area contributed by atoms with Gasteiger partial charge in [0.2, 0.25) is 0 Å². The number of hydrazine groups is 1.